The number of rotatable bonds is 4. The average Bonchev–Trinajstić information content (AvgIpc) is 2.82. The van der Waals surface area contributed by atoms with E-state index in [-0.39, 0.29) is 0 Å². The first-order chi connectivity index (χ1) is 7.88. The van der Waals surface area contributed by atoms with Crippen molar-refractivity contribution in [1.82, 2.24) is 0 Å². The van der Waals surface area contributed by atoms with E-state index in [0.717, 1.165) is 17.2 Å². The quantitative estimate of drug-likeness (QED) is 0.782. The smallest absolute Gasteiger partial charge is 0.0991 e. The minimum absolute atomic E-state index is 0.777. The summed E-state index contributed by atoms with van der Waals surface area (Å²) in [6.07, 6.45) is 5.70. The van der Waals surface area contributed by atoms with E-state index in [9.17, 15) is 0 Å². The van der Waals surface area contributed by atoms with Crippen LogP contribution in [0.25, 0.3) is 0 Å². The Kier molecular flexibility index (Phi) is 4.30. The molecule has 1 aliphatic carbocycles. The highest BCUT2D eigenvalue weighted by atomic mass is 32.2. The minimum Gasteiger partial charge on any atom is -0.192 e. The molecule has 0 bridgehead atoms. The van der Waals surface area contributed by atoms with Crippen LogP contribution in [0, 0.1) is 17.2 Å². The summed E-state index contributed by atoms with van der Waals surface area (Å²) in [5.74, 6) is 3.28. The maximum Gasteiger partial charge on any atom is 0.0991 e. The molecule has 1 aromatic rings. The molecule has 1 nitrogen and oxygen atoms in total. The fourth-order valence-corrected chi connectivity index (χ4v) is 3.45. The van der Waals surface area contributed by atoms with Gasteiger partial charge in [-0.3, -0.25) is 0 Å². The summed E-state index contributed by atoms with van der Waals surface area (Å²) >= 11 is 2.01. The zero-order chi connectivity index (χ0) is 11.2. The zero-order valence-corrected chi connectivity index (χ0v) is 10.3. The van der Waals surface area contributed by atoms with E-state index < -0.39 is 0 Å². The van der Waals surface area contributed by atoms with E-state index in [2.05, 4.69) is 12.1 Å². The molecule has 0 radical (unpaired) electrons. The van der Waals surface area contributed by atoms with Crippen LogP contribution in [0.15, 0.2) is 24.3 Å². The Morgan fingerprint density at radius 2 is 2.12 bits per heavy atom. The maximum absolute atomic E-state index is 8.80. The molecule has 0 saturated heterocycles. The number of hydrogen-bond donors (Lipinski definition) is 0. The van der Waals surface area contributed by atoms with Crippen LogP contribution >= 0.6 is 11.8 Å². The summed E-state index contributed by atoms with van der Waals surface area (Å²) in [6.45, 7) is 0. The van der Waals surface area contributed by atoms with Gasteiger partial charge in [0.1, 0.15) is 0 Å². The van der Waals surface area contributed by atoms with E-state index in [1.54, 1.807) is 0 Å². The lowest BCUT2D eigenvalue weighted by Crippen LogP contribution is -1.97. The largest absolute Gasteiger partial charge is 0.192 e. The third kappa shape index (κ3) is 3.28. The lowest BCUT2D eigenvalue weighted by molar-refractivity contribution is 0.623. The minimum atomic E-state index is 0.777. The van der Waals surface area contributed by atoms with Crippen molar-refractivity contribution in [2.24, 2.45) is 5.92 Å². The Balaban J connectivity index is 1.78. The predicted molar refractivity (Wildman–Crippen MR) is 69.3 cm³/mol. The molecule has 1 aromatic carbocycles. The summed E-state index contributed by atoms with van der Waals surface area (Å²) in [6, 6.07) is 10.1. The van der Waals surface area contributed by atoms with Crippen LogP contribution < -0.4 is 0 Å². The van der Waals surface area contributed by atoms with Crippen LogP contribution in [-0.4, -0.2) is 5.75 Å². The summed E-state index contributed by atoms with van der Waals surface area (Å²) in [4.78, 5) is 0. The van der Waals surface area contributed by atoms with Gasteiger partial charge in [0.05, 0.1) is 11.6 Å². The average molecular weight is 231 g/mol. The Morgan fingerprint density at radius 1 is 1.31 bits per heavy atom. The highest BCUT2D eigenvalue weighted by Crippen LogP contribution is 2.29. The number of thioether (sulfide) groups is 1. The van der Waals surface area contributed by atoms with Crippen molar-refractivity contribution in [3.05, 3.63) is 35.4 Å². The molecule has 1 saturated carbocycles. The van der Waals surface area contributed by atoms with Crippen LogP contribution in [0.3, 0.4) is 0 Å². The predicted octanol–water partition coefficient (Wildman–Crippen LogP) is 3.98. The second-order valence-corrected chi connectivity index (χ2v) is 5.51. The molecular weight excluding hydrogens is 214 g/mol. The van der Waals surface area contributed by atoms with Gasteiger partial charge in [0.2, 0.25) is 0 Å². The van der Waals surface area contributed by atoms with Gasteiger partial charge in [-0.05, 0) is 42.2 Å². The van der Waals surface area contributed by atoms with Crippen molar-refractivity contribution in [2.45, 2.75) is 31.4 Å². The van der Waals surface area contributed by atoms with Gasteiger partial charge < -0.3 is 0 Å². The lowest BCUT2D eigenvalue weighted by Gasteiger charge is -2.08. The first-order valence-corrected chi connectivity index (χ1v) is 7.11. The van der Waals surface area contributed by atoms with Crippen molar-refractivity contribution in [3.8, 4) is 6.07 Å². The van der Waals surface area contributed by atoms with Crippen molar-refractivity contribution in [3.63, 3.8) is 0 Å². The molecule has 2 heteroatoms. The monoisotopic (exact) mass is 231 g/mol. The fourth-order valence-electron chi connectivity index (χ4n) is 2.25. The van der Waals surface area contributed by atoms with Gasteiger partial charge in [-0.25, -0.2) is 0 Å². The van der Waals surface area contributed by atoms with E-state index in [4.69, 9.17) is 5.26 Å². The van der Waals surface area contributed by atoms with Crippen LogP contribution in [0.2, 0.25) is 0 Å². The SMILES string of the molecule is N#Cc1cccc(CSCC2CCCC2)c1. The van der Waals surface area contributed by atoms with Crippen LogP contribution in [-0.2, 0) is 5.75 Å². The summed E-state index contributed by atoms with van der Waals surface area (Å²) in [5, 5.41) is 8.80. The third-order valence-corrected chi connectivity index (χ3v) is 4.40. The van der Waals surface area contributed by atoms with Gasteiger partial charge in [0.15, 0.2) is 0 Å². The molecule has 0 heterocycles. The molecular formula is C14H17NS. The normalized spacial score (nSPS) is 16.2. The number of hydrogen-bond acceptors (Lipinski definition) is 2. The van der Waals surface area contributed by atoms with Crippen molar-refractivity contribution < 1.29 is 0 Å². The summed E-state index contributed by atoms with van der Waals surface area (Å²) in [7, 11) is 0. The number of nitrogens with zero attached hydrogens (tertiary/aromatic N) is 1. The van der Waals surface area contributed by atoms with Crippen LogP contribution in [0.5, 0.6) is 0 Å². The van der Waals surface area contributed by atoms with Gasteiger partial charge >= 0.3 is 0 Å². The van der Waals surface area contributed by atoms with Gasteiger partial charge in [0, 0.05) is 5.75 Å². The fraction of sp³-hybridized carbons (Fsp3) is 0.500. The first-order valence-electron chi connectivity index (χ1n) is 5.95. The molecule has 0 N–H and O–H groups in total. The second-order valence-electron chi connectivity index (χ2n) is 4.48. The van der Waals surface area contributed by atoms with E-state index in [0.29, 0.717) is 0 Å². The molecule has 2 rings (SSSR count). The maximum atomic E-state index is 8.80. The van der Waals surface area contributed by atoms with Crippen LogP contribution in [0.1, 0.15) is 36.8 Å². The molecule has 0 atom stereocenters. The highest BCUT2D eigenvalue weighted by molar-refractivity contribution is 7.98. The lowest BCUT2D eigenvalue weighted by atomic mass is 10.1. The van der Waals surface area contributed by atoms with E-state index in [1.807, 2.05) is 30.0 Å². The van der Waals surface area contributed by atoms with Crippen LogP contribution in [0.4, 0.5) is 0 Å². The third-order valence-electron chi connectivity index (χ3n) is 3.15. The molecule has 0 aliphatic heterocycles. The number of nitriles is 1. The zero-order valence-electron chi connectivity index (χ0n) is 9.48. The summed E-state index contributed by atoms with van der Waals surface area (Å²) in [5.41, 5.74) is 2.06. The highest BCUT2D eigenvalue weighted by Gasteiger charge is 2.14. The van der Waals surface area contributed by atoms with Gasteiger partial charge in [0.25, 0.3) is 0 Å². The van der Waals surface area contributed by atoms with Gasteiger partial charge in [-0.2, -0.15) is 17.0 Å². The molecule has 16 heavy (non-hydrogen) atoms. The molecule has 0 aromatic heterocycles. The molecule has 0 unspecified atom stereocenters. The van der Waals surface area contributed by atoms with Crippen molar-refractivity contribution >= 4 is 11.8 Å². The number of benzene rings is 1. The Labute approximate surface area is 102 Å². The van der Waals surface area contributed by atoms with Crippen molar-refractivity contribution in [2.75, 3.05) is 5.75 Å². The van der Waals surface area contributed by atoms with E-state index >= 15 is 0 Å². The molecule has 1 aliphatic rings. The Morgan fingerprint density at radius 3 is 2.88 bits per heavy atom. The first kappa shape index (κ1) is 11.5. The molecule has 0 amide bonds. The van der Waals surface area contributed by atoms with Crippen molar-refractivity contribution in [1.29, 1.82) is 5.26 Å². The Bertz CT molecular complexity index is 375. The molecule has 1 fully saturated rings. The standard InChI is InChI=1S/C14H17NS/c15-9-13-6-3-7-14(8-13)11-16-10-12-4-1-2-5-12/h3,6-8,12H,1-2,4-5,10-11H2. The molecule has 84 valence electrons. The second kappa shape index (κ2) is 5.96. The van der Waals surface area contributed by atoms with Gasteiger partial charge in [-0.1, -0.05) is 25.0 Å². The Hall–Kier alpha value is -0.940. The van der Waals surface area contributed by atoms with Gasteiger partial charge in [-0.15, -0.1) is 0 Å². The van der Waals surface area contributed by atoms with E-state index in [1.165, 1.54) is 37.0 Å². The molecule has 0 spiro atoms. The topological polar surface area (TPSA) is 23.8 Å². The summed E-state index contributed by atoms with van der Waals surface area (Å²) < 4.78 is 0.